The second kappa shape index (κ2) is 5.18. The SMILES string of the molecule is CNc1cccc(NC2CCOc3ccccc32)n1. The number of hydrogen-bond donors (Lipinski definition) is 2. The van der Waals surface area contributed by atoms with E-state index in [2.05, 4.69) is 21.7 Å². The van der Waals surface area contributed by atoms with Gasteiger partial charge in [-0.3, -0.25) is 0 Å². The highest BCUT2D eigenvalue weighted by Crippen LogP contribution is 2.33. The lowest BCUT2D eigenvalue weighted by atomic mass is 10.0. The molecule has 0 fully saturated rings. The molecule has 1 aromatic heterocycles. The molecule has 0 radical (unpaired) electrons. The van der Waals surface area contributed by atoms with Gasteiger partial charge in [0.2, 0.25) is 0 Å². The van der Waals surface area contributed by atoms with Gasteiger partial charge in [0, 0.05) is 19.0 Å². The van der Waals surface area contributed by atoms with Crippen molar-refractivity contribution in [1.29, 1.82) is 0 Å². The number of para-hydroxylation sites is 1. The number of aromatic nitrogens is 1. The summed E-state index contributed by atoms with van der Waals surface area (Å²) in [5.41, 5.74) is 1.20. The van der Waals surface area contributed by atoms with Gasteiger partial charge in [0.05, 0.1) is 12.6 Å². The molecular weight excluding hydrogens is 238 g/mol. The van der Waals surface area contributed by atoms with E-state index in [1.165, 1.54) is 5.56 Å². The highest BCUT2D eigenvalue weighted by Gasteiger charge is 2.20. The first-order valence-corrected chi connectivity index (χ1v) is 6.50. The van der Waals surface area contributed by atoms with Gasteiger partial charge < -0.3 is 15.4 Å². The third kappa shape index (κ3) is 2.47. The zero-order valence-corrected chi connectivity index (χ0v) is 10.9. The number of nitrogens with one attached hydrogen (secondary N) is 2. The molecule has 3 rings (SSSR count). The highest BCUT2D eigenvalue weighted by atomic mass is 16.5. The fraction of sp³-hybridized carbons (Fsp3) is 0.267. The molecular formula is C15H17N3O. The molecule has 4 nitrogen and oxygen atoms in total. The Hall–Kier alpha value is -2.23. The molecule has 1 atom stereocenters. The van der Waals surface area contributed by atoms with Crippen molar-refractivity contribution in [2.45, 2.75) is 12.5 Å². The molecule has 0 amide bonds. The Morgan fingerprint density at radius 3 is 2.84 bits per heavy atom. The lowest BCUT2D eigenvalue weighted by Crippen LogP contribution is -2.20. The van der Waals surface area contributed by atoms with Crippen molar-refractivity contribution in [3.05, 3.63) is 48.0 Å². The maximum absolute atomic E-state index is 5.66. The molecule has 1 aliphatic rings. The predicted molar refractivity (Wildman–Crippen MR) is 76.7 cm³/mol. The van der Waals surface area contributed by atoms with Crippen molar-refractivity contribution in [3.8, 4) is 5.75 Å². The Kier molecular flexibility index (Phi) is 3.23. The van der Waals surface area contributed by atoms with Crippen LogP contribution in [-0.2, 0) is 0 Å². The number of pyridine rings is 1. The first kappa shape index (κ1) is 11.8. The summed E-state index contributed by atoms with van der Waals surface area (Å²) in [6.07, 6.45) is 0.947. The van der Waals surface area contributed by atoms with Crippen LogP contribution in [0.1, 0.15) is 18.0 Å². The van der Waals surface area contributed by atoms with Crippen LogP contribution in [0.5, 0.6) is 5.75 Å². The van der Waals surface area contributed by atoms with E-state index in [9.17, 15) is 0 Å². The lowest BCUT2D eigenvalue weighted by Gasteiger charge is -2.27. The number of rotatable bonds is 3. The van der Waals surface area contributed by atoms with Crippen molar-refractivity contribution in [1.82, 2.24) is 4.98 Å². The van der Waals surface area contributed by atoms with E-state index in [4.69, 9.17) is 4.74 Å². The zero-order valence-electron chi connectivity index (χ0n) is 10.9. The number of anilines is 2. The summed E-state index contributed by atoms with van der Waals surface area (Å²) >= 11 is 0. The number of ether oxygens (including phenoxy) is 1. The van der Waals surface area contributed by atoms with Gasteiger partial charge >= 0.3 is 0 Å². The molecule has 0 aliphatic carbocycles. The van der Waals surface area contributed by atoms with Crippen LogP contribution in [0.4, 0.5) is 11.6 Å². The number of nitrogens with zero attached hydrogens (tertiary/aromatic N) is 1. The van der Waals surface area contributed by atoms with Crippen LogP contribution in [-0.4, -0.2) is 18.6 Å². The third-order valence-corrected chi connectivity index (χ3v) is 3.29. The molecule has 19 heavy (non-hydrogen) atoms. The smallest absolute Gasteiger partial charge is 0.128 e. The molecule has 98 valence electrons. The molecule has 4 heteroatoms. The monoisotopic (exact) mass is 255 g/mol. The van der Waals surface area contributed by atoms with Gasteiger partial charge in [-0.25, -0.2) is 4.98 Å². The van der Waals surface area contributed by atoms with Gasteiger partial charge in [0.15, 0.2) is 0 Å². The molecule has 0 bridgehead atoms. The van der Waals surface area contributed by atoms with E-state index in [0.29, 0.717) is 0 Å². The zero-order chi connectivity index (χ0) is 13.1. The van der Waals surface area contributed by atoms with Crippen LogP contribution < -0.4 is 15.4 Å². The van der Waals surface area contributed by atoms with Crippen LogP contribution in [0, 0.1) is 0 Å². The van der Waals surface area contributed by atoms with Crippen LogP contribution in [0.3, 0.4) is 0 Å². The summed E-state index contributed by atoms with van der Waals surface area (Å²) in [6.45, 7) is 0.737. The van der Waals surface area contributed by atoms with Gasteiger partial charge in [-0.15, -0.1) is 0 Å². The third-order valence-electron chi connectivity index (χ3n) is 3.29. The maximum atomic E-state index is 5.66. The van der Waals surface area contributed by atoms with Crippen LogP contribution in [0.2, 0.25) is 0 Å². The summed E-state index contributed by atoms with van der Waals surface area (Å²) in [5.74, 6) is 2.72. The van der Waals surface area contributed by atoms with Gasteiger partial charge in [0.25, 0.3) is 0 Å². The minimum atomic E-state index is 0.254. The van der Waals surface area contributed by atoms with Crippen LogP contribution in [0.15, 0.2) is 42.5 Å². The molecule has 1 aromatic carbocycles. The molecule has 1 aliphatic heterocycles. The Bertz CT molecular complexity index is 571. The average Bonchev–Trinajstić information content (AvgIpc) is 2.48. The van der Waals surface area contributed by atoms with E-state index in [1.807, 2.05) is 43.4 Å². The summed E-state index contributed by atoms with van der Waals surface area (Å²) in [7, 11) is 1.87. The average molecular weight is 255 g/mol. The summed E-state index contributed by atoms with van der Waals surface area (Å²) in [5, 5.41) is 6.53. The Balaban J connectivity index is 1.84. The molecule has 0 saturated carbocycles. The highest BCUT2D eigenvalue weighted by molar-refractivity contribution is 5.48. The molecule has 1 unspecified atom stereocenters. The number of hydrogen-bond acceptors (Lipinski definition) is 4. The van der Waals surface area contributed by atoms with Crippen molar-refractivity contribution >= 4 is 11.6 Å². The van der Waals surface area contributed by atoms with Gasteiger partial charge in [-0.05, 0) is 18.2 Å². The second-order valence-electron chi connectivity index (χ2n) is 4.53. The Morgan fingerprint density at radius 1 is 1.11 bits per heavy atom. The summed E-state index contributed by atoms with van der Waals surface area (Å²) in [4.78, 5) is 4.50. The van der Waals surface area contributed by atoms with E-state index >= 15 is 0 Å². The number of benzene rings is 1. The Morgan fingerprint density at radius 2 is 1.95 bits per heavy atom. The molecule has 0 spiro atoms. The second-order valence-corrected chi connectivity index (χ2v) is 4.53. The quantitative estimate of drug-likeness (QED) is 0.885. The molecule has 0 saturated heterocycles. The molecule has 2 N–H and O–H groups in total. The topological polar surface area (TPSA) is 46.2 Å². The minimum absolute atomic E-state index is 0.254. The van der Waals surface area contributed by atoms with Crippen molar-refractivity contribution in [2.24, 2.45) is 0 Å². The van der Waals surface area contributed by atoms with Crippen LogP contribution >= 0.6 is 0 Å². The Labute approximate surface area is 112 Å². The normalized spacial score (nSPS) is 17.2. The maximum Gasteiger partial charge on any atom is 0.128 e. The van der Waals surface area contributed by atoms with E-state index in [1.54, 1.807) is 0 Å². The van der Waals surface area contributed by atoms with Crippen molar-refractivity contribution < 1.29 is 4.74 Å². The lowest BCUT2D eigenvalue weighted by molar-refractivity contribution is 0.274. The standard InChI is InChI=1S/C15H17N3O/c1-16-14-7-4-8-15(18-14)17-12-9-10-19-13-6-3-2-5-11(12)13/h2-8,12H,9-10H2,1H3,(H2,16,17,18). The molecule has 2 heterocycles. The van der Waals surface area contributed by atoms with Gasteiger partial charge in [-0.2, -0.15) is 0 Å². The first-order valence-electron chi connectivity index (χ1n) is 6.50. The van der Waals surface area contributed by atoms with E-state index < -0.39 is 0 Å². The van der Waals surface area contributed by atoms with Crippen LogP contribution in [0.25, 0.3) is 0 Å². The van der Waals surface area contributed by atoms with E-state index in [-0.39, 0.29) is 6.04 Å². The van der Waals surface area contributed by atoms with E-state index in [0.717, 1.165) is 30.4 Å². The largest absolute Gasteiger partial charge is 0.493 e. The fourth-order valence-corrected chi connectivity index (χ4v) is 2.32. The van der Waals surface area contributed by atoms with Crippen molar-refractivity contribution in [2.75, 3.05) is 24.3 Å². The first-order chi connectivity index (χ1) is 9.36. The van der Waals surface area contributed by atoms with Gasteiger partial charge in [-0.1, -0.05) is 24.3 Å². The minimum Gasteiger partial charge on any atom is -0.493 e. The number of fused-ring (bicyclic) bond motifs is 1. The van der Waals surface area contributed by atoms with Crippen molar-refractivity contribution in [3.63, 3.8) is 0 Å². The fourth-order valence-electron chi connectivity index (χ4n) is 2.32. The summed E-state index contributed by atoms with van der Waals surface area (Å²) in [6, 6.07) is 14.3. The predicted octanol–water partition coefficient (Wildman–Crippen LogP) is 3.06. The molecule has 2 aromatic rings. The summed E-state index contributed by atoms with van der Waals surface area (Å²) < 4.78 is 5.66. The van der Waals surface area contributed by atoms with Gasteiger partial charge in [0.1, 0.15) is 17.4 Å².